The van der Waals surface area contributed by atoms with E-state index in [4.69, 9.17) is 32.7 Å². The number of halogens is 2. The van der Waals surface area contributed by atoms with Gasteiger partial charge in [0.05, 0.1) is 29.7 Å². The first-order chi connectivity index (χ1) is 13.5. The van der Waals surface area contributed by atoms with Crippen molar-refractivity contribution in [2.24, 2.45) is 0 Å². The Morgan fingerprint density at radius 1 is 1.25 bits per heavy atom. The molecule has 2 aliphatic heterocycles. The van der Waals surface area contributed by atoms with Gasteiger partial charge in [0, 0.05) is 32.0 Å². The highest BCUT2D eigenvalue weighted by atomic mass is 35.5. The second-order valence-corrected chi connectivity index (χ2v) is 8.91. The number of likely N-dealkylation sites (tertiary alicyclic amines) is 1. The molecular weight excluding hydrogens is 399 g/mol. The molecule has 2 heterocycles. The Hall–Kier alpha value is -0.850. The molecule has 0 aromatic heterocycles. The average Bonchev–Trinajstić information content (AvgIpc) is 3.37. The summed E-state index contributed by atoms with van der Waals surface area (Å²) in [7, 11) is 1.92. The number of amides is 1. The normalized spacial score (nSPS) is 27.4. The molecule has 1 saturated carbocycles. The van der Waals surface area contributed by atoms with E-state index in [1.54, 1.807) is 6.07 Å². The summed E-state index contributed by atoms with van der Waals surface area (Å²) in [4.78, 5) is 17.5. The summed E-state index contributed by atoms with van der Waals surface area (Å²) in [6, 6.07) is 5.87. The lowest BCUT2D eigenvalue weighted by atomic mass is 9.83. The van der Waals surface area contributed by atoms with Gasteiger partial charge in [0.1, 0.15) is 0 Å². The number of ether oxygens (including phenoxy) is 2. The van der Waals surface area contributed by atoms with Crippen molar-refractivity contribution in [3.05, 3.63) is 33.8 Å². The molecule has 154 valence electrons. The predicted molar refractivity (Wildman–Crippen MR) is 110 cm³/mol. The number of carbonyl (C=O) groups excluding carboxylic acids is 1. The van der Waals surface area contributed by atoms with Gasteiger partial charge >= 0.3 is 0 Å². The van der Waals surface area contributed by atoms with E-state index in [9.17, 15) is 4.79 Å². The Labute approximate surface area is 176 Å². The summed E-state index contributed by atoms with van der Waals surface area (Å²) >= 11 is 12.4. The number of rotatable bonds is 4. The van der Waals surface area contributed by atoms with Gasteiger partial charge < -0.3 is 14.4 Å². The second kappa shape index (κ2) is 8.49. The number of carbonyl (C=O) groups is 1. The third kappa shape index (κ3) is 4.05. The minimum Gasteiger partial charge on any atom is -0.347 e. The van der Waals surface area contributed by atoms with Gasteiger partial charge in [-0.2, -0.15) is 0 Å². The maximum absolute atomic E-state index is 13.1. The molecule has 3 fully saturated rings. The Morgan fingerprint density at radius 3 is 2.68 bits per heavy atom. The summed E-state index contributed by atoms with van der Waals surface area (Å²) < 4.78 is 12.0. The van der Waals surface area contributed by atoms with Crippen LogP contribution in [0.1, 0.15) is 37.7 Å². The molecule has 1 aliphatic carbocycles. The first kappa shape index (κ1) is 20.4. The Morgan fingerprint density at radius 2 is 1.96 bits per heavy atom. The topological polar surface area (TPSA) is 42.0 Å². The van der Waals surface area contributed by atoms with E-state index in [-0.39, 0.29) is 24.4 Å². The zero-order valence-electron chi connectivity index (χ0n) is 16.3. The van der Waals surface area contributed by atoms with Gasteiger partial charge in [-0.3, -0.25) is 9.69 Å². The van der Waals surface area contributed by atoms with Crippen molar-refractivity contribution in [2.75, 3.05) is 33.4 Å². The van der Waals surface area contributed by atoms with E-state index in [2.05, 4.69) is 4.90 Å². The van der Waals surface area contributed by atoms with Crippen LogP contribution in [0.2, 0.25) is 10.0 Å². The van der Waals surface area contributed by atoms with Crippen molar-refractivity contribution >= 4 is 29.1 Å². The van der Waals surface area contributed by atoms with E-state index in [0.29, 0.717) is 23.3 Å². The van der Waals surface area contributed by atoms with Crippen LogP contribution >= 0.6 is 23.2 Å². The van der Waals surface area contributed by atoms with Crippen molar-refractivity contribution in [2.45, 2.75) is 56.4 Å². The van der Waals surface area contributed by atoms with Gasteiger partial charge in [0.15, 0.2) is 5.79 Å². The fraction of sp³-hybridized carbons (Fsp3) is 0.667. The van der Waals surface area contributed by atoms with E-state index in [1.165, 1.54) is 12.8 Å². The molecule has 1 amide bonds. The highest BCUT2D eigenvalue weighted by Crippen LogP contribution is 2.40. The van der Waals surface area contributed by atoms with Crippen LogP contribution in [0.5, 0.6) is 0 Å². The molecule has 0 radical (unpaired) electrons. The molecule has 4 rings (SSSR count). The largest absolute Gasteiger partial charge is 0.347 e. The van der Waals surface area contributed by atoms with Crippen LogP contribution in [0.15, 0.2) is 18.2 Å². The molecule has 7 heteroatoms. The molecule has 3 aliphatic rings. The minimum absolute atomic E-state index is 0.0718. The van der Waals surface area contributed by atoms with Gasteiger partial charge in [-0.1, -0.05) is 35.3 Å². The molecule has 2 unspecified atom stereocenters. The van der Waals surface area contributed by atoms with Crippen LogP contribution in [0.25, 0.3) is 0 Å². The third-order valence-electron chi connectivity index (χ3n) is 6.47. The van der Waals surface area contributed by atoms with Crippen LogP contribution in [0.3, 0.4) is 0 Å². The summed E-state index contributed by atoms with van der Waals surface area (Å²) in [5, 5.41) is 0.956. The maximum atomic E-state index is 13.1. The Bertz CT molecular complexity index is 718. The van der Waals surface area contributed by atoms with Gasteiger partial charge in [0.2, 0.25) is 5.91 Å². The maximum Gasteiger partial charge on any atom is 0.227 e. The zero-order chi connectivity index (χ0) is 19.7. The van der Waals surface area contributed by atoms with Crippen molar-refractivity contribution in [3.8, 4) is 0 Å². The number of likely N-dealkylation sites (N-methyl/N-ethyl adjacent to an activating group) is 1. The molecule has 1 aromatic carbocycles. The van der Waals surface area contributed by atoms with Crippen LogP contribution < -0.4 is 0 Å². The molecule has 5 nitrogen and oxygen atoms in total. The first-order valence-electron chi connectivity index (χ1n) is 10.2. The molecule has 1 aromatic rings. The molecule has 1 spiro atoms. The minimum atomic E-state index is -0.454. The highest BCUT2D eigenvalue weighted by Gasteiger charge is 2.48. The second-order valence-electron chi connectivity index (χ2n) is 8.12. The first-order valence-corrected chi connectivity index (χ1v) is 11.0. The Balaban J connectivity index is 1.50. The lowest BCUT2D eigenvalue weighted by Crippen LogP contribution is -2.58. The molecular formula is C21H28Cl2N2O3. The molecule has 2 saturated heterocycles. The van der Waals surface area contributed by atoms with Crippen molar-refractivity contribution < 1.29 is 14.3 Å². The Kier molecular flexibility index (Phi) is 6.19. The number of hydrogen-bond acceptors (Lipinski definition) is 4. The SMILES string of the molecule is CN(C(=O)Cc1cccc(Cl)c1Cl)C1CCC2(CC1N1CCCC1)OCCO2. The zero-order valence-corrected chi connectivity index (χ0v) is 17.8. The summed E-state index contributed by atoms with van der Waals surface area (Å²) in [5.41, 5.74) is 0.776. The monoisotopic (exact) mass is 426 g/mol. The van der Waals surface area contributed by atoms with E-state index in [0.717, 1.165) is 37.9 Å². The predicted octanol–water partition coefficient (Wildman–Crippen LogP) is 3.75. The smallest absolute Gasteiger partial charge is 0.227 e. The average molecular weight is 427 g/mol. The summed E-state index contributed by atoms with van der Waals surface area (Å²) in [6.45, 7) is 3.50. The van der Waals surface area contributed by atoms with Crippen molar-refractivity contribution in [3.63, 3.8) is 0 Å². The van der Waals surface area contributed by atoms with Crippen LogP contribution in [0, 0.1) is 0 Å². The van der Waals surface area contributed by atoms with Gasteiger partial charge in [-0.05, 0) is 44.0 Å². The molecule has 2 atom stereocenters. The lowest BCUT2D eigenvalue weighted by molar-refractivity contribution is -0.198. The third-order valence-corrected chi connectivity index (χ3v) is 7.33. The van der Waals surface area contributed by atoms with E-state index < -0.39 is 5.79 Å². The fourth-order valence-electron chi connectivity index (χ4n) is 4.93. The number of benzene rings is 1. The van der Waals surface area contributed by atoms with E-state index >= 15 is 0 Å². The molecule has 28 heavy (non-hydrogen) atoms. The van der Waals surface area contributed by atoms with Gasteiger partial charge in [-0.25, -0.2) is 0 Å². The van der Waals surface area contributed by atoms with Crippen LogP contribution in [-0.4, -0.2) is 66.9 Å². The summed E-state index contributed by atoms with van der Waals surface area (Å²) in [5.74, 6) is -0.383. The van der Waals surface area contributed by atoms with Crippen molar-refractivity contribution in [1.29, 1.82) is 0 Å². The fourth-order valence-corrected chi connectivity index (χ4v) is 5.32. The van der Waals surface area contributed by atoms with Gasteiger partial charge in [0.25, 0.3) is 0 Å². The quantitative estimate of drug-likeness (QED) is 0.734. The number of hydrogen-bond donors (Lipinski definition) is 0. The molecule has 0 N–H and O–H groups in total. The van der Waals surface area contributed by atoms with Crippen LogP contribution in [0.4, 0.5) is 0 Å². The number of nitrogens with zero attached hydrogens (tertiary/aromatic N) is 2. The highest BCUT2D eigenvalue weighted by molar-refractivity contribution is 6.42. The van der Waals surface area contributed by atoms with E-state index in [1.807, 2.05) is 24.1 Å². The van der Waals surface area contributed by atoms with Crippen molar-refractivity contribution in [1.82, 2.24) is 9.80 Å². The molecule has 0 bridgehead atoms. The standard InChI is InChI=1S/C21H28Cl2N2O3/c1-24(19(26)13-15-5-4-6-16(22)20(15)23)17-7-8-21(27-11-12-28-21)14-18(17)25-9-2-3-10-25/h4-6,17-18H,2-3,7-14H2,1H3. The summed E-state index contributed by atoms with van der Waals surface area (Å²) in [6.07, 6.45) is 5.23. The van der Waals surface area contributed by atoms with Gasteiger partial charge in [-0.15, -0.1) is 0 Å². The lowest BCUT2D eigenvalue weighted by Gasteiger charge is -2.47. The van der Waals surface area contributed by atoms with Crippen LogP contribution in [-0.2, 0) is 20.7 Å².